The zero-order valence-electron chi connectivity index (χ0n) is 11.7. The van der Waals surface area contributed by atoms with Gasteiger partial charge in [0.2, 0.25) is 0 Å². The maximum Gasteiger partial charge on any atom is 0.255 e. The second-order valence-electron chi connectivity index (χ2n) is 5.35. The van der Waals surface area contributed by atoms with Gasteiger partial charge in [0.25, 0.3) is 5.91 Å². The Labute approximate surface area is 123 Å². The summed E-state index contributed by atoms with van der Waals surface area (Å²) >= 11 is 0. The quantitative estimate of drug-likeness (QED) is 0.790. The third kappa shape index (κ3) is 3.83. The molecule has 0 atom stereocenters. The molecule has 1 saturated carbocycles. The highest BCUT2D eigenvalue weighted by molar-refractivity contribution is 6.04. The van der Waals surface area contributed by atoms with Crippen LogP contribution in [0.4, 0.5) is 5.69 Å². The Kier molecular flexibility index (Phi) is 3.88. The van der Waals surface area contributed by atoms with Crippen LogP contribution in [0.1, 0.15) is 28.8 Å². The van der Waals surface area contributed by atoms with Gasteiger partial charge in [-0.15, -0.1) is 0 Å². The summed E-state index contributed by atoms with van der Waals surface area (Å²) < 4.78 is 0. The van der Waals surface area contributed by atoms with Gasteiger partial charge in [-0.05, 0) is 54.8 Å². The first-order valence-electron chi connectivity index (χ1n) is 7.13. The molecule has 2 aromatic carbocycles. The average molecular weight is 282 g/mol. The number of rotatable bonds is 5. The van der Waals surface area contributed by atoms with Crippen molar-refractivity contribution in [1.82, 2.24) is 5.32 Å². The van der Waals surface area contributed by atoms with Gasteiger partial charge in [-0.3, -0.25) is 4.79 Å². The Morgan fingerprint density at radius 2 is 1.71 bits per heavy atom. The number of nitrogens with one attached hydrogen (secondary N) is 2. The summed E-state index contributed by atoms with van der Waals surface area (Å²) in [4.78, 5) is 12.0. The summed E-state index contributed by atoms with van der Waals surface area (Å²) in [6.45, 7) is 0.872. The van der Waals surface area contributed by atoms with E-state index in [1.165, 1.54) is 30.5 Å². The molecule has 3 N–H and O–H groups in total. The Hall–Kier alpha value is -2.33. The summed E-state index contributed by atoms with van der Waals surface area (Å²) in [5, 5.41) is 15.5. The molecular formula is C17H18N2O2. The maximum atomic E-state index is 12.0. The maximum absolute atomic E-state index is 12.0. The van der Waals surface area contributed by atoms with Gasteiger partial charge in [-0.25, -0.2) is 0 Å². The number of carbonyl (C=O) groups is 1. The fourth-order valence-corrected chi connectivity index (χ4v) is 2.07. The first kappa shape index (κ1) is 13.6. The van der Waals surface area contributed by atoms with Gasteiger partial charge in [0, 0.05) is 23.8 Å². The molecule has 4 nitrogen and oxygen atoms in total. The Bertz CT molecular complexity index is 616. The van der Waals surface area contributed by atoms with Crippen molar-refractivity contribution in [1.29, 1.82) is 0 Å². The predicted octanol–water partition coefficient (Wildman–Crippen LogP) is 2.90. The van der Waals surface area contributed by atoms with Crippen LogP contribution in [-0.2, 0) is 6.54 Å². The van der Waals surface area contributed by atoms with Crippen molar-refractivity contribution in [3.63, 3.8) is 0 Å². The fraction of sp³-hybridized carbons (Fsp3) is 0.235. The van der Waals surface area contributed by atoms with Crippen molar-refractivity contribution < 1.29 is 9.90 Å². The summed E-state index contributed by atoms with van der Waals surface area (Å²) in [5.41, 5.74) is 2.50. The zero-order valence-corrected chi connectivity index (χ0v) is 11.7. The lowest BCUT2D eigenvalue weighted by Crippen LogP contribution is -2.15. The van der Waals surface area contributed by atoms with Crippen LogP contribution in [0, 0.1) is 0 Å². The molecule has 1 fully saturated rings. The van der Waals surface area contributed by atoms with E-state index in [2.05, 4.69) is 10.6 Å². The smallest absolute Gasteiger partial charge is 0.255 e. The summed E-state index contributed by atoms with van der Waals surface area (Å²) in [7, 11) is 0. The molecule has 0 radical (unpaired) electrons. The molecule has 108 valence electrons. The van der Waals surface area contributed by atoms with E-state index in [0.29, 0.717) is 11.6 Å². The van der Waals surface area contributed by atoms with Gasteiger partial charge in [-0.1, -0.05) is 12.1 Å². The van der Waals surface area contributed by atoms with Crippen molar-refractivity contribution in [2.45, 2.75) is 25.4 Å². The molecular weight excluding hydrogens is 264 g/mol. The highest BCUT2D eigenvalue weighted by atomic mass is 16.3. The third-order valence-electron chi connectivity index (χ3n) is 3.51. The van der Waals surface area contributed by atoms with Crippen LogP contribution in [0.5, 0.6) is 5.75 Å². The Morgan fingerprint density at radius 1 is 1.05 bits per heavy atom. The van der Waals surface area contributed by atoms with Crippen molar-refractivity contribution in [3.8, 4) is 5.75 Å². The normalized spacial score (nSPS) is 13.9. The van der Waals surface area contributed by atoms with Crippen LogP contribution in [-0.4, -0.2) is 17.1 Å². The minimum atomic E-state index is -0.182. The molecule has 0 heterocycles. The minimum Gasteiger partial charge on any atom is -0.508 e. The largest absolute Gasteiger partial charge is 0.508 e. The van der Waals surface area contributed by atoms with Crippen molar-refractivity contribution in [3.05, 3.63) is 59.7 Å². The number of hydrogen-bond acceptors (Lipinski definition) is 3. The van der Waals surface area contributed by atoms with Gasteiger partial charge in [0.05, 0.1) is 0 Å². The summed E-state index contributed by atoms with van der Waals surface area (Å²) in [5.74, 6) is -0.0297. The molecule has 0 bridgehead atoms. The monoisotopic (exact) mass is 282 g/mol. The number of phenolic OH excluding ortho intramolecular Hbond substituents is 1. The van der Waals surface area contributed by atoms with E-state index in [1.807, 2.05) is 24.3 Å². The first-order chi connectivity index (χ1) is 10.2. The van der Waals surface area contributed by atoms with Gasteiger partial charge in [0.1, 0.15) is 5.75 Å². The Balaban J connectivity index is 1.58. The fourth-order valence-electron chi connectivity index (χ4n) is 2.07. The molecule has 1 aliphatic carbocycles. The molecule has 1 aliphatic rings. The van der Waals surface area contributed by atoms with Crippen LogP contribution in [0.2, 0.25) is 0 Å². The van der Waals surface area contributed by atoms with Crippen LogP contribution >= 0.6 is 0 Å². The number of benzene rings is 2. The number of carbonyl (C=O) groups excluding carboxylic acids is 1. The molecule has 0 aromatic heterocycles. The van der Waals surface area contributed by atoms with E-state index in [0.717, 1.165) is 12.2 Å². The molecule has 0 spiro atoms. The van der Waals surface area contributed by atoms with E-state index in [1.54, 1.807) is 12.1 Å². The topological polar surface area (TPSA) is 61.4 Å². The summed E-state index contributed by atoms with van der Waals surface area (Å²) in [6, 6.07) is 14.7. The highest BCUT2D eigenvalue weighted by Gasteiger charge is 2.19. The van der Waals surface area contributed by atoms with E-state index >= 15 is 0 Å². The lowest BCUT2D eigenvalue weighted by Gasteiger charge is -2.07. The first-order valence-corrected chi connectivity index (χ1v) is 7.13. The average Bonchev–Trinajstić information content (AvgIpc) is 3.31. The SMILES string of the molecule is O=C(Nc1ccc(CNC2CC2)cc1)c1ccc(O)cc1. The van der Waals surface area contributed by atoms with Crippen LogP contribution in [0.3, 0.4) is 0 Å². The number of anilines is 1. The molecule has 1 amide bonds. The van der Waals surface area contributed by atoms with Crippen LogP contribution in [0.25, 0.3) is 0 Å². The molecule has 0 unspecified atom stereocenters. The van der Waals surface area contributed by atoms with Crippen molar-refractivity contribution in [2.24, 2.45) is 0 Å². The number of hydrogen-bond donors (Lipinski definition) is 3. The van der Waals surface area contributed by atoms with Gasteiger partial charge in [-0.2, -0.15) is 0 Å². The second kappa shape index (κ2) is 5.97. The van der Waals surface area contributed by atoms with Crippen LogP contribution in [0.15, 0.2) is 48.5 Å². The molecule has 2 aromatic rings. The van der Waals surface area contributed by atoms with E-state index in [-0.39, 0.29) is 11.7 Å². The standard InChI is InChI=1S/C17H18N2O2/c20-16-9-3-13(4-10-16)17(21)19-15-5-1-12(2-6-15)11-18-14-7-8-14/h1-6,9-10,14,18,20H,7-8,11H2,(H,19,21). The van der Waals surface area contributed by atoms with Gasteiger partial charge < -0.3 is 15.7 Å². The minimum absolute atomic E-state index is 0.152. The molecule has 3 rings (SSSR count). The molecule has 4 heteroatoms. The number of phenols is 1. The van der Waals surface area contributed by atoms with E-state index < -0.39 is 0 Å². The van der Waals surface area contributed by atoms with Gasteiger partial charge >= 0.3 is 0 Å². The van der Waals surface area contributed by atoms with E-state index in [9.17, 15) is 9.90 Å². The Morgan fingerprint density at radius 3 is 2.33 bits per heavy atom. The molecule has 21 heavy (non-hydrogen) atoms. The predicted molar refractivity (Wildman–Crippen MR) is 82.4 cm³/mol. The lowest BCUT2D eigenvalue weighted by molar-refractivity contribution is 0.102. The summed E-state index contributed by atoms with van der Waals surface area (Å²) in [6.07, 6.45) is 2.56. The lowest BCUT2D eigenvalue weighted by atomic mass is 10.1. The molecule has 0 aliphatic heterocycles. The van der Waals surface area contributed by atoms with Crippen molar-refractivity contribution in [2.75, 3.05) is 5.32 Å². The van der Waals surface area contributed by atoms with Gasteiger partial charge in [0.15, 0.2) is 0 Å². The molecule has 0 saturated heterocycles. The number of amides is 1. The van der Waals surface area contributed by atoms with Crippen LogP contribution < -0.4 is 10.6 Å². The zero-order chi connectivity index (χ0) is 14.7. The second-order valence-corrected chi connectivity index (χ2v) is 5.35. The highest BCUT2D eigenvalue weighted by Crippen LogP contribution is 2.19. The third-order valence-corrected chi connectivity index (χ3v) is 3.51. The van der Waals surface area contributed by atoms with E-state index in [4.69, 9.17) is 0 Å². The van der Waals surface area contributed by atoms with Crippen molar-refractivity contribution >= 4 is 11.6 Å². The number of aromatic hydroxyl groups is 1.